The van der Waals surface area contributed by atoms with Gasteiger partial charge < -0.3 is 4.74 Å². The molecule has 1 aliphatic heterocycles. The largest absolute Gasteiger partial charge is 0.467 e. The minimum absolute atomic E-state index is 0.573. The predicted molar refractivity (Wildman–Crippen MR) is 59.6 cm³/mol. The molecule has 1 aliphatic rings. The van der Waals surface area contributed by atoms with Crippen molar-refractivity contribution >= 4 is 11.8 Å². The van der Waals surface area contributed by atoms with E-state index in [1.54, 1.807) is 0 Å². The van der Waals surface area contributed by atoms with E-state index >= 15 is 0 Å². The summed E-state index contributed by atoms with van der Waals surface area (Å²) in [6, 6.07) is 4.06. The van der Waals surface area contributed by atoms with Crippen molar-refractivity contribution in [2.24, 2.45) is 5.92 Å². The van der Waals surface area contributed by atoms with E-state index in [0.717, 1.165) is 11.5 Å². The van der Waals surface area contributed by atoms with Crippen LogP contribution in [-0.2, 0) is 4.74 Å². The second-order valence-corrected chi connectivity index (χ2v) is 4.48. The molecule has 0 fully saturated rings. The standard InChI is InChI=1S/C11H12N2OS/c1-8-4-11(15-3,5-9(2)14-8)10(6-12)7-13/h4-5,10H,1-3H3. The topological polar surface area (TPSA) is 56.8 Å². The first-order valence-corrected chi connectivity index (χ1v) is 5.71. The van der Waals surface area contributed by atoms with Gasteiger partial charge in [0.1, 0.15) is 0 Å². The van der Waals surface area contributed by atoms with Crippen molar-refractivity contribution in [3.63, 3.8) is 0 Å². The van der Waals surface area contributed by atoms with Crippen LogP contribution in [0.2, 0.25) is 0 Å². The van der Waals surface area contributed by atoms with Gasteiger partial charge in [-0.1, -0.05) is 0 Å². The van der Waals surface area contributed by atoms with Crippen LogP contribution < -0.4 is 0 Å². The minimum atomic E-state index is -0.693. The molecule has 3 nitrogen and oxygen atoms in total. The van der Waals surface area contributed by atoms with Crippen LogP contribution in [0.25, 0.3) is 0 Å². The van der Waals surface area contributed by atoms with Crippen LogP contribution in [0.4, 0.5) is 0 Å². The zero-order valence-electron chi connectivity index (χ0n) is 8.94. The number of allylic oxidation sites excluding steroid dienone is 2. The summed E-state index contributed by atoms with van der Waals surface area (Å²) in [5.74, 6) is 0.779. The number of thioether (sulfide) groups is 1. The number of hydrogen-bond donors (Lipinski definition) is 0. The minimum Gasteiger partial charge on any atom is -0.467 e. The highest BCUT2D eigenvalue weighted by molar-refractivity contribution is 8.00. The van der Waals surface area contributed by atoms with Gasteiger partial charge in [0, 0.05) is 0 Å². The molecule has 0 N–H and O–H groups in total. The molecule has 0 aromatic carbocycles. The Hall–Kier alpha value is -1.39. The van der Waals surface area contributed by atoms with Crippen LogP contribution in [0.15, 0.2) is 23.7 Å². The van der Waals surface area contributed by atoms with E-state index in [9.17, 15) is 0 Å². The van der Waals surface area contributed by atoms with Crippen molar-refractivity contribution in [1.29, 1.82) is 10.5 Å². The molecule has 0 amide bonds. The highest BCUT2D eigenvalue weighted by Crippen LogP contribution is 2.39. The molecule has 1 rings (SSSR count). The van der Waals surface area contributed by atoms with Crippen molar-refractivity contribution in [3.05, 3.63) is 23.7 Å². The van der Waals surface area contributed by atoms with Crippen molar-refractivity contribution in [3.8, 4) is 12.1 Å². The van der Waals surface area contributed by atoms with Gasteiger partial charge in [-0.25, -0.2) is 0 Å². The second kappa shape index (κ2) is 4.42. The van der Waals surface area contributed by atoms with E-state index in [2.05, 4.69) is 0 Å². The number of nitrogens with zero attached hydrogens (tertiary/aromatic N) is 2. The lowest BCUT2D eigenvalue weighted by Crippen LogP contribution is -2.31. The van der Waals surface area contributed by atoms with Crippen LogP contribution in [-0.4, -0.2) is 11.0 Å². The van der Waals surface area contributed by atoms with Gasteiger partial charge in [-0.3, -0.25) is 0 Å². The molecule has 0 atom stereocenters. The summed E-state index contributed by atoms with van der Waals surface area (Å²) >= 11 is 1.48. The summed E-state index contributed by atoms with van der Waals surface area (Å²) in [6.45, 7) is 3.65. The maximum Gasteiger partial charge on any atom is 0.155 e. The molecule has 0 unspecified atom stereocenters. The van der Waals surface area contributed by atoms with Gasteiger partial charge >= 0.3 is 0 Å². The molecular weight excluding hydrogens is 208 g/mol. The highest BCUT2D eigenvalue weighted by Gasteiger charge is 2.37. The Morgan fingerprint density at radius 3 is 2.07 bits per heavy atom. The summed E-state index contributed by atoms with van der Waals surface area (Å²) in [7, 11) is 0. The molecule has 4 heteroatoms. The molecule has 0 bridgehead atoms. The maximum absolute atomic E-state index is 8.96. The Bertz CT molecular complexity index is 366. The lowest BCUT2D eigenvalue weighted by Gasteiger charge is -2.30. The van der Waals surface area contributed by atoms with E-state index in [1.807, 2.05) is 44.4 Å². The first kappa shape index (κ1) is 11.7. The molecule has 0 radical (unpaired) electrons. The van der Waals surface area contributed by atoms with Crippen LogP contribution in [0.3, 0.4) is 0 Å². The van der Waals surface area contributed by atoms with Gasteiger partial charge in [-0.15, -0.1) is 11.8 Å². The number of hydrogen-bond acceptors (Lipinski definition) is 4. The van der Waals surface area contributed by atoms with Gasteiger partial charge in [0.15, 0.2) is 5.92 Å². The van der Waals surface area contributed by atoms with Gasteiger partial charge in [-0.2, -0.15) is 10.5 Å². The molecule has 0 aromatic heterocycles. The van der Waals surface area contributed by atoms with Crippen molar-refractivity contribution < 1.29 is 4.74 Å². The highest BCUT2D eigenvalue weighted by atomic mass is 32.2. The van der Waals surface area contributed by atoms with Crippen molar-refractivity contribution in [2.75, 3.05) is 6.26 Å². The average molecular weight is 220 g/mol. The van der Waals surface area contributed by atoms with Crippen LogP contribution in [0.5, 0.6) is 0 Å². The molecular formula is C11H12N2OS. The van der Waals surface area contributed by atoms with E-state index in [-0.39, 0.29) is 0 Å². The number of rotatable bonds is 2. The first-order chi connectivity index (χ1) is 7.07. The summed E-state index contributed by atoms with van der Waals surface area (Å²) in [5.41, 5.74) is 0. The maximum atomic E-state index is 8.96. The summed E-state index contributed by atoms with van der Waals surface area (Å²) < 4.78 is 4.80. The number of nitriles is 2. The van der Waals surface area contributed by atoms with Crippen LogP contribution in [0.1, 0.15) is 13.8 Å². The van der Waals surface area contributed by atoms with E-state index in [1.165, 1.54) is 11.8 Å². The summed E-state index contributed by atoms with van der Waals surface area (Å²) in [4.78, 5) is 0. The third kappa shape index (κ3) is 2.16. The molecule has 15 heavy (non-hydrogen) atoms. The molecule has 1 heterocycles. The third-order valence-corrected chi connectivity index (χ3v) is 3.42. The van der Waals surface area contributed by atoms with Crippen molar-refractivity contribution in [1.82, 2.24) is 0 Å². The Morgan fingerprint density at radius 1 is 1.27 bits per heavy atom. The Labute approximate surface area is 94.0 Å². The first-order valence-electron chi connectivity index (χ1n) is 4.49. The quantitative estimate of drug-likeness (QED) is 0.717. The Morgan fingerprint density at radius 2 is 1.73 bits per heavy atom. The van der Waals surface area contributed by atoms with E-state index in [0.29, 0.717) is 0 Å². The van der Waals surface area contributed by atoms with Gasteiger partial charge in [-0.05, 0) is 32.3 Å². The Balaban J connectivity index is 3.21. The normalized spacial score (nSPS) is 18.3. The lowest BCUT2D eigenvalue weighted by molar-refractivity contribution is 0.292. The zero-order chi connectivity index (χ0) is 11.5. The van der Waals surface area contributed by atoms with E-state index in [4.69, 9.17) is 15.3 Å². The monoisotopic (exact) mass is 220 g/mol. The Kier molecular flexibility index (Phi) is 3.44. The van der Waals surface area contributed by atoms with E-state index < -0.39 is 10.7 Å². The summed E-state index contributed by atoms with van der Waals surface area (Å²) in [6.07, 6.45) is 5.56. The molecule has 78 valence electrons. The fraction of sp³-hybridized carbons (Fsp3) is 0.455. The molecule has 0 aromatic rings. The molecule has 0 aliphatic carbocycles. The SMILES string of the molecule is CSC1(C(C#N)C#N)C=C(C)OC(C)=C1. The summed E-state index contributed by atoms with van der Waals surface area (Å²) in [5, 5.41) is 17.9. The molecule has 0 spiro atoms. The number of ether oxygens (including phenoxy) is 1. The predicted octanol–water partition coefficient (Wildman–Crippen LogP) is 2.59. The third-order valence-electron chi connectivity index (χ3n) is 2.24. The molecule has 0 saturated heterocycles. The average Bonchev–Trinajstić information content (AvgIpc) is 2.18. The fourth-order valence-corrected chi connectivity index (χ4v) is 2.53. The van der Waals surface area contributed by atoms with Crippen molar-refractivity contribution in [2.45, 2.75) is 18.6 Å². The zero-order valence-corrected chi connectivity index (χ0v) is 9.76. The van der Waals surface area contributed by atoms with Gasteiger partial charge in [0.2, 0.25) is 0 Å². The van der Waals surface area contributed by atoms with Gasteiger partial charge in [0.05, 0.1) is 28.4 Å². The van der Waals surface area contributed by atoms with Crippen LogP contribution >= 0.6 is 11.8 Å². The van der Waals surface area contributed by atoms with Gasteiger partial charge in [0.25, 0.3) is 0 Å². The molecule has 0 saturated carbocycles. The fourth-order valence-electron chi connectivity index (χ4n) is 1.62. The second-order valence-electron chi connectivity index (χ2n) is 3.36. The smallest absolute Gasteiger partial charge is 0.155 e. The lowest BCUT2D eigenvalue weighted by atomic mass is 9.91. The van der Waals surface area contributed by atoms with Crippen LogP contribution in [0, 0.1) is 28.6 Å².